The Morgan fingerprint density at radius 2 is 2.00 bits per heavy atom. The van der Waals surface area contributed by atoms with E-state index < -0.39 is 10.0 Å². The van der Waals surface area contributed by atoms with Gasteiger partial charge in [-0.05, 0) is 42.9 Å². The lowest BCUT2D eigenvalue weighted by atomic mass is 10.1. The highest BCUT2D eigenvalue weighted by molar-refractivity contribution is 7.89. The number of nitrogens with zero attached hydrogens (tertiary/aromatic N) is 1. The molecule has 1 fully saturated rings. The summed E-state index contributed by atoms with van der Waals surface area (Å²) in [4.78, 5) is 0.443. The van der Waals surface area contributed by atoms with E-state index in [9.17, 15) is 8.42 Å². The molecule has 2 rings (SSSR count). The summed E-state index contributed by atoms with van der Waals surface area (Å²) in [6.07, 6.45) is 3.51. The summed E-state index contributed by atoms with van der Waals surface area (Å²) in [7, 11) is -3.40. The number of sulfonamides is 1. The fourth-order valence-electron chi connectivity index (χ4n) is 2.42. The van der Waals surface area contributed by atoms with E-state index in [0.29, 0.717) is 23.7 Å². The Morgan fingerprint density at radius 3 is 2.50 bits per heavy atom. The first-order chi connectivity index (χ1) is 9.54. The molecule has 0 amide bonds. The van der Waals surface area contributed by atoms with Crippen molar-refractivity contribution in [2.24, 2.45) is 0 Å². The maximum Gasteiger partial charge on any atom is 0.243 e. The maximum absolute atomic E-state index is 12.9. The first-order valence-electron chi connectivity index (χ1n) is 7.24. The molecule has 0 bridgehead atoms. The van der Waals surface area contributed by atoms with Crippen molar-refractivity contribution in [2.75, 3.05) is 6.54 Å². The third-order valence-electron chi connectivity index (χ3n) is 3.65. The van der Waals surface area contributed by atoms with Crippen molar-refractivity contribution in [3.05, 3.63) is 29.3 Å². The van der Waals surface area contributed by atoms with Gasteiger partial charge in [0.25, 0.3) is 0 Å². The van der Waals surface area contributed by atoms with Gasteiger partial charge in [-0.1, -0.05) is 26.0 Å². The Bertz CT molecular complexity index is 567. The molecular formula is C15H22ClNO2S. The molecule has 3 nitrogen and oxygen atoms in total. The van der Waals surface area contributed by atoms with E-state index in [1.807, 2.05) is 26.0 Å². The van der Waals surface area contributed by atoms with E-state index in [1.165, 1.54) is 0 Å². The van der Waals surface area contributed by atoms with Crippen LogP contribution in [0.1, 0.15) is 44.2 Å². The van der Waals surface area contributed by atoms with E-state index in [2.05, 4.69) is 0 Å². The van der Waals surface area contributed by atoms with Crippen LogP contribution in [0.4, 0.5) is 0 Å². The van der Waals surface area contributed by atoms with Crippen LogP contribution in [0, 0.1) is 0 Å². The van der Waals surface area contributed by atoms with Crippen LogP contribution < -0.4 is 0 Å². The lowest BCUT2D eigenvalue weighted by Gasteiger charge is -2.23. The molecule has 0 radical (unpaired) electrons. The number of aryl methyl sites for hydroxylation is 1. The summed E-state index contributed by atoms with van der Waals surface area (Å²) in [6, 6.07) is 5.74. The lowest BCUT2D eigenvalue weighted by Crippen LogP contribution is -2.34. The Hall–Kier alpha value is -0.580. The van der Waals surface area contributed by atoms with Crippen LogP contribution in [0.2, 0.25) is 0 Å². The monoisotopic (exact) mass is 315 g/mol. The predicted octanol–water partition coefficient (Wildman–Crippen LogP) is 3.55. The van der Waals surface area contributed by atoms with Gasteiger partial charge in [0.2, 0.25) is 10.0 Å². The second-order valence-corrected chi connectivity index (χ2v) is 7.40. The zero-order valence-electron chi connectivity index (χ0n) is 12.1. The van der Waals surface area contributed by atoms with Gasteiger partial charge in [-0.2, -0.15) is 4.31 Å². The van der Waals surface area contributed by atoms with Gasteiger partial charge in [-0.3, -0.25) is 0 Å². The van der Waals surface area contributed by atoms with Crippen molar-refractivity contribution in [1.82, 2.24) is 4.31 Å². The van der Waals surface area contributed by atoms with Crippen molar-refractivity contribution >= 4 is 21.6 Å². The van der Waals surface area contributed by atoms with Gasteiger partial charge in [0.15, 0.2) is 0 Å². The summed E-state index contributed by atoms with van der Waals surface area (Å²) in [5, 5.41) is 0. The normalized spacial score (nSPS) is 15.8. The van der Waals surface area contributed by atoms with E-state index in [1.54, 1.807) is 10.4 Å². The smallest absolute Gasteiger partial charge is 0.207 e. The first-order valence-corrected chi connectivity index (χ1v) is 9.21. The lowest BCUT2D eigenvalue weighted by molar-refractivity contribution is 0.403. The molecule has 0 atom stereocenters. The molecule has 1 aromatic rings. The van der Waals surface area contributed by atoms with Crippen LogP contribution >= 0.6 is 11.6 Å². The molecule has 112 valence electrons. The molecule has 0 saturated heterocycles. The molecule has 0 N–H and O–H groups in total. The SMILES string of the molecule is CCCN(C1CC1)S(=O)(=O)c1cc(CCl)ccc1CC. The number of alkyl halides is 1. The first kappa shape index (κ1) is 15.8. The van der Waals surface area contributed by atoms with Crippen molar-refractivity contribution in [3.8, 4) is 0 Å². The van der Waals surface area contributed by atoms with Crippen molar-refractivity contribution in [3.63, 3.8) is 0 Å². The second-order valence-electron chi connectivity index (χ2n) is 5.28. The summed E-state index contributed by atoms with van der Waals surface area (Å²) in [5.74, 6) is 0.337. The summed E-state index contributed by atoms with van der Waals surface area (Å²) < 4.78 is 27.5. The van der Waals surface area contributed by atoms with Crippen molar-refractivity contribution < 1.29 is 8.42 Å². The van der Waals surface area contributed by atoms with Crippen molar-refractivity contribution in [1.29, 1.82) is 0 Å². The van der Waals surface area contributed by atoms with E-state index in [0.717, 1.165) is 30.4 Å². The molecule has 1 aliphatic rings. The zero-order valence-corrected chi connectivity index (χ0v) is 13.7. The Morgan fingerprint density at radius 1 is 1.30 bits per heavy atom. The van der Waals surface area contributed by atoms with E-state index in [-0.39, 0.29) is 6.04 Å². The molecular weight excluding hydrogens is 294 g/mol. The molecule has 0 unspecified atom stereocenters. The van der Waals surface area contributed by atoms with Crippen LogP contribution in [0.3, 0.4) is 0 Å². The average molecular weight is 316 g/mol. The molecule has 0 aromatic heterocycles. The fourth-order valence-corrected chi connectivity index (χ4v) is 4.71. The molecule has 1 aliphatic carbocycles. The zero-order chi connectivity index (χ0) is 14.8. The third-order valence-corrected chi connectivity index (χ3v) is 5.99. The Balaban J connectivity index is 2.45. The minimum Gasteiger partial charge on any atom is -0.207 e. The highest BCUT2D eigenvalue weighted by Crippen LogP contribution is 2.33. The van der Waals surface area contributed by atoms with E-state index in [4.69, 9.17) is 11.6 Å². The van der Waals surface area contributed by atoms with Crippen LogP contribution in [0.25, 0.3) is 0 Å². The summed E-state index contributed by atoms with van der Waals surface area (Å²) >= 11 is 5.85. The van der Waals surface area contributed by atoms with Crippen LogP contribution in [-0.2, 0) is 22.3 Å². The molecule has 0 spiro atoms. The Kier molecular flexibility index (Phi) is 5.10. The number of hydrogen-bond acceptors (Lipinski definition) is 2. The number of hydrogen-bond donors (Lipinski definition) is 0. The molecule has 0 aliphatic heterocycles. The number of benzene rings is 1. The minimum atomic E-state index is -3.40. The minimum absolute atomic E-state index is 0.198. The van der Waals surface area contributed by atoms with Crippen LogP contribution in [0.15, 0.2) is 23.1 Å². The third kappa shape index (κ3) is 3.18. The van der Waals surface area contributed by atoms with Gasteiger partial charge in [-0.15, -0.1) is 11.6 Å². The van der Waals surface area contributed by atoms with Crippen molar-refractivity contribution in [2.45, 2.75) is 56.3 Å². The van der Waals surface area contributed by atoms with Gasteiger partial charge in [-0.25, -0.2) is 8.42 Å². The molecule has 1 aromatic carbocycles. The van der Waals surface area contributed by atoms with Crippen LogP contribution in [-0.4, -0.2) is 25.3 Å². The van der Waals surface area contributed by atoms with E-state index >= 15 is 0 Å². The molecule has 1 saturated carbocycles. The van der Waals surface area contributed by atoms with Gasteiger partial charge in [0.05, 0.1) is 4.90 Å². The maximum atomic E-state index is 12.9. The molecule has 5 heteroatoms. The Labute approximate surface area is 127 Å². The van der Waals surface area contributed by atoms with Gasteiger partial charge < -0.3 is 0 Å². The quantitative estimate of drug-likeness (QED) is 0.722. The highest BCUT2D eigenvalue weighted by atomic mass is 35.5. The highest BCUT2D eigenvalue weighted by Gasteiger charge is 2.38. The van der Waals surface area contributed by atoms with Crippen LogP contribution in [0.5, 0.6) is 0 Å². The second kappa shape index (κ2) is 6.46. The summed E-state index contributed by atoms with van der Waals surface area (Å²) in [5.41, 5.74) is 1.73. The topological polar surface area (TPSA) is 37.4 Å². The largest absolute Gasteiger partial charge is 0.243 e. The van der Waals surface area contributed by atoms with Gasteiger partial charge in [0.1, 0.15) is 0 Å². The van der Waals surface area contributed by atoms with Gasteiger partial charge in [0, 0.05) is 18.5 Å². The average Bonchev–Trinajstić information content (AvgIpc) is 3.28. The number of rotatable bonds is 7. The molecule has 0 heterocycles. The predicted molar refractivity (Wildman–Crippen MR) is 82.6 cm³/mol. The fraction of sp³-hybridized carbons (Fsp3) is 0.600. The summed E-state index contributed by atoms with van der Waals surface area (Å²) in [6.45, 7) is 4.60. The standard InChI is InChI=1S/C15H22ClNO2S/c1-3-9-17(14-7-8-14)20(18,19)15-10-12(11-16)5-6-13(15)4-2/h5-6,10,14H,3-4,7-9,11H2,1-2H3. The van der Waals surface area contributed by atoms with Gasteiger partial charge >= 0.3 is 0 Å². The number of halogens is 1. The molecule has 20 heavy (non-hydrogen) atoms.